The van der Waals surface area contributed by atoms with E-state index >= 15 is 0 Å². The van der Waals surface area contributed by atoms with Crippen LogP contribution < -0.4 is 10.5 Å². The molecule has 1 saturated heterocycles. The molecule has 2 amide bonds. The highest BCUT2D eigenvalue weighted by Gasteiger charge is 2.25. The Hall–Kier alpha value is -4.39. The molecule has 1 fully saturated rings. The van der Waals surface area contributed by atoms with Gasteiger partial charge in [-0.15, -0.1) is 0 Å². The van der Waals surface area contributed by atoms with Gasteiger partial charge >= 0.3 is 6.09 Å². The van der Waals surface area contributed by atoms with Crippen LogP contribution in [-0.4, -0.2) is 41.1 Å². The third-order valence-corrected chi connectivity index (χ3v) is 6.43. The lowest BCUT2D eigenvalue weighted by Crippen LogP contribution is -2.41. The molecule has 0 atom stereocenters. The van der Waals surface area contributed by atoms with Crippen molar-refractivity contribution in [3.63, 3.8) is 0 Å². The number of benzene rings is 3. The molecular formula is C29H27N3O4. The molecule has 2 heterocycles. The average molecular weight is 482 g/mol. The van der Waals surface area contributed by atoms with Gasteiger partial charge in [0.05, 0.1) is 0 Å². The Bertz CT molecular complexity index is 1360. The number of carbonyl (C=O) groups excluding carboxylic acids is 2. The normalized spacial score (nSPS) is 13.9. The fraction of sp³-hybridized carbons (Fsp3) is 0.207. The summed E-state index contributed by atoms with van der Waals surface area (Å²) in [7, 11) is 0. The van der Waals surface area contributed by atoms with Gasteiger partial charge in [0.1, 0.15) is 18.5 Å². The Morgan fingerprint density at radius 2 is 1.69 bits per heavy atom. The Kier molecular flexibility index (Phi) is 6.80. The lowest BCUT2D eigenvalue weighted by molar-refractivity contribution is 0.0455. The molecule has 0 saturated carbocycles. The largest absolute Gasteiger partial charge is 0.489 e. The number of rotatable bonds is 6. The van der Waals surface area contributed by atoms with Crippen LogP contribution in [0.2, 0.25) is 0 Å². The van der Waals surface area contributed by atoms with Crippen molar-refractivity contribution in [3.8, 4) is 16.9 Å². The molecule has 4 aromatic rings. The van der Waals surface area contributed by atoms with Crippen LogP contribution in [0, 0.1) is 0 Å². The minimum absolute atomic E-state index is 0.0400. The Morgan fingerprint density at radius 3 is 2.42 bits per heavy atom. The maximum atomic E-state index is 13.2. The number of aromatic nitrogens is 1. The number of carbonyl (C=O) groups is 2. The molecule has 0 spiro atoms. The van der Waals surface area contributed by atoms with E-state index in [1.807, 2.05) is 79.0 Å². The van der Waals surface area contributed by atoms with Crippen molar-refractivity contribution in [1.82, 2.24) is 9.88 Å². The van der Waals surface area contributed by atoms with Crippen molar-refractivity contribution in [1.29, 1.82) is 0 Å². The van der Waals surface area contributed by atoms with Gasteiger partial charge in [-0.2, -0.15) is 0 Å². The molecular weight excluding hydrogens is 454 g/mol. The highest BCUT2D eigenvalue weighted by atomic mass is 16.6. The van der Waals surface area contributed by atoms with Gasteiger partial charge in [-0.05, 0) is 40.8 Å². The summed E-state index contributed by atoms with van der Waals surface area (Å²) in [6.45, 7) is 1.54. The van der Waals surface area contributed by atoms with Crippen LogP contribution in [0.15, 0.2) is 85.2 Å². The number of pyridine rings is 1. The molecule has 36 heavy (non-hydrogen) atoms. The van der Waals surface area contributed by atoms with Crippen molar-refractivity contribution >= 4 is 22.8 Å². The average Bonchev–Trinajstić information content (AvgIpc) is 2.92. The zero-order chi connectivity index (χ0) is 24.9. The maximum absolute atomic E-state index is 13.2. The van der Waals surface area contributed by atoms with Gasteiger partial charge < -0.3 is 20.1 Å². The van der Waals surface area contributed by atoms with E-state index in [-0.39, 0.29) is 12.0 Å². The van der Waals surface area contributed by atoms with Crippen LogP contribution >= 0.6 is 0 Å². The van der Waals surface area contributed by atoms with E-state index in [0.717, 1.165) is 33.2 Å². The van der Waals surface area contributed by atoms with Crippen LogP contribution in [0.25, 0.3) is 21.9 Å². The van der Waals surface area contributed by atoms with Crippen molar-refractivity contribution in [2.75, 3.05) is 13.1 Å². The van der Waals surface area contributed by atoms with E-state index in [4.69, 9.17) is 15.2 Å². The first-order valence-corrected chi connectivity index (χ1v) is 12.0. The number of nitrogens with zero attached hydrogens (tertiary/aromatic N) is 2. The summed E-state index contributed by atoms with van der Waals surface area (Å²) in [6, 6.07) is 23.7. The second-order valence-corrected chi connectivity index (χ2v) is 8.85. The first kappa shape index (κ1) is 23.4. The van der Waals surface area contributed by atoms with Crippen LogP contribution in [0.4, 0.5) is 4.79 Å². The monoisotopic (exact) mass is 481 g/mol. The smallest absolute Gasteiger partial charge is 0.404 e. The molecule has 7 heteroatoms. The molecule has 2 N–H and O–H groups in total. The first-order chi connectivity index (χ1) is 17.6. The van der Waals surface area contributed by atoms with Crippen LogP contribution in [0.1, 0.15) is 28.8 Å². The standard InChI is InChI=1S/C29H27N3O4/c30-29(34)36-25-12-14-32(15-13-25)28(33)22-6-7-23-17-31-18-27(26(23)16-22)21-8-10-24(11-9-21)35-19-20-4-2-1-3-5-20/h1-11,16-18,25H,12-15,19H2,(H2,30,34). The minimum atomic E-state index is -0.772. The van der Waals surface area contributed by atoms with E-state index < -0.39 is 6.09 Å². The SMILES string of the molecule is NC(=O)OC1CCN(C(=O)c2ccc3cncc(-c4ccc(OCc5ccccc5)cc4)c3c2)CC1. The molecule has 7 nitrogen and oxygen atoms in total. The predicted octanol–water partition coefficient (Wildman–Crippen LogP) is 5.18. The summed E-state index contributed by atoms with van der Waals surface area (Å²) in [5.74, 6) is 0.747. The van der Waals surface area contributed by atoms with Crippen LogP contribution in [0.3, 0.4) is 0 Å². The summed E-state index contributed by atoms with van der Waals surface area (Å²) in [5.41, 5.74) is 8.79. The molecule has 0 unspecified atom stereocenters. The van der Waals surface area contributed by atoms with Crippen LogP contribution in [0.5, 0.6) is 5.75 Å². The van der Waals surface area contributed by atoms with Gasteiger partial charge in [0, 0.05) is 54.8 Å². The number of ether oxygens (including phenoxy) is 2. The number of amides is 2. The Labute approximate surface area is 209 Å². The third-order valence-electron chi connectivity index (χ3n) is 6.43. The fourth-order valence-electron chi connectivity index (χ4n) is 4.52. The molecule has 1 aliphatic rings. The van der Waals surface area contributed by atoms with Gasteiger partial charge in [0.15, 0.2) is 0 Å². The van der Waals surface area contributed by atoms with E-state index in [1.54, 1.807) is 11.1 Å². The van der Waals surface area contributed by atoms with Gasteiger partial charge in [-0.3, -0.25) is 9.78 Å². The van der Waals surface area contributed by atoms with Gasteiger partial charge in [0.25, 0.3) is 5.91 Å². The number of fused-ring (bicyclic) bond motifs is 1. The molecule has 0 aliphatic carbocycles. The summed E-state index contributed by atoms with van der Waals surface area (Å²) in [6.07, 6.45) is 3.78. The van der Waals surface area contributed by atoms with E-state index in [9.17, 15) is 9.59 Å². The van der Waals surface area contributed by atoms with Crippen LogP contribution in [-0.2, 0) is 11.3 Å². The zero-order valence-corrected chi connectivity index (χ0v) is 19.8. The zero-order valence-electron chi connectivity index (χ0n) is 19.8. The molecule has 0 radical (unpaired) electrons. The Morgan fingerprint density at radius 1 is 0.944 bits per heavy atom. The topological polar surface area (TPSA) is 94.8 Å². The summed E-state index contributed by atoms with van der Waals surface area (Å²) >= 11 is 0. The van der Waals surface area contributed by atoms with E-state index in [0.29, 0.717) is 38.1 Å². The summed E-state index contributed by atoms with van der Waals surface area (Å²) < 4.78 is 11.0. The quantitative estimate of drug-likeness (QED) is 0.409. The second kappa shape index (κ2) is 10.5. The maximum Gasteiger partial charge on any atom is 0.404 e. The minimum Gasteiger partial charge on any atom is -0.489 e. The molecule has 182 valence electrons. The Balaban J connectivity index is 1.33. The molecule has 0 bridgehead atoms. The lowest BCUT2D eigenvalue weighted by atomic mass is 9.98. The summed E-state index contributed by atoms with van der Waals surface area (Å²) in [5, 5.41) is 1.92. The van der Waals surface area contributed by atoms with E-state index in [1.165, 1.54) is 0 Å². The number of hydrogen-bond acceptors (Lipinski definition) is 5. The van der Waals surface area contributed by atoms with Crippen molar-refractivity contribution in [3.05, 3.63) is 96.3 Å². The van der Waals surface area contributed by atoms with Crippen molar-refractivity contribution in [2.45, 2.75) is 25.6 Å². The van der Waals surface area contributed by atoms with Gasteiger partial charge in [-0.25, -0.2) is 4.79 Å². The first-order valence-electron chi connectivity index (χ1n) is 12.0. The van der Waals surface area contributed by atoms with Gasteiger partial charge in [0.2, 0.25) is 0 Å². The molecule has 3 aromatic carbocycles. The number of primary amides is 1. The lowest BCUT2D eigenvalue weighted by Gasteiger charge is -2.31. The summed E-state index contributed by atoms with van der Waals surface area (Å²) in [4.78, 5) is 30.4. The van der Waals surface area contributed by atoms with Crippen molar-refractivity contribution in [2.24, 2.45) is 5.73 Å². The third kappa shape index (κ3) is 5.30. The molecule has 5 rings (SSSR count). The molecule has 1 aromatic heterocycles. The highest BCUT2D eigenvalue weighted by Crippen LogP contribution is 2.30. The predicted molar refractivity (Wildman–Crippen MR) is 138 cm³/mol. The number of piperidine rings is 1. The van der Waals surface area contributed by atoms with Crippen molar-refractivity contribution < 1.29 is 19.1 Å². The highest BCUT2D eigenvalue weighted by molar-refractivity contribution is 6.02. The fourth-order valence-corrected chi connectivity index (χ4v) is 4.52. The number of likely N-dealkylation sites (tertiary alicyclic amines) is 1. The number of hydrogen-bond donors (Lipinski definition) is 1. The van der Waals surface area contributed by atoms with E-state index in [2.05, 4.69) is 4.98 Å². The number of nitrogens with two attached hydrogens (primary N) is 1. The van der Waals surface area contributed by atoms with Gasteiger partial charge in [-0.1, -0.05) is 48.5 Å². The molecule has 1 aliphatic heterocycles. The second-order valence-electron chi connectivity index (χ2n) is 8.85.